The number of anilines is 2. The minimum absolute atomic E-state index is 0.0360. The van der Waals surface area contributed by atoms with Gasteiger partial charge in [0.1, 0.15) is 5.82 Å². The molecule has 3 aromatic heterocycles. The quantitative estimate of drug-likeness (QED) is 0.419. The molecule has 4 rings (SSSR count). The molecule has 0 radical (unpaired) electrons. The fourth-order valence-corrected chi connectivity index (χ4v) is 3.36. The van der Waals surface area contributed by atoms with E-state index in [0.717, 1.165) is 38.6 Å². The number of ether oxygens (including phenoxy) is 2. The number of nitrogen functional groups attached to an aromatic ring is 1. The zero-order chi connectivity index (χ0) is 21.3. The summed E-state index contributed by atoms with van der Waals surface area (Å²) in [6.07, 6.45) is 5.25. The predicted molar refractivity (Wildman–Crippen MR) is 120 cm³/mol. The van der Waals surface area contributed by atoms with Crippen molar-refractivity contribution in [1.29, 1.82) is 0 Å². The number of nitrogens with two attached hydrogens (primary N) is 2. The second-order valence-electron chi connectivity index (χ2n) is 7.16. The van der Waals surface area contributed by atoms with E-state index < -0.39 is 0 Å². The van der Waals surface area contributed by atoms with Crippen LogP contribution in [0, 0.1) is 0 Å². The van der Waals surface area contributed by atoms with Crippen molar-refractivity contribution >= 4 is 33.2 Å². The van der Waals surface area contributed by atoms with Gasteiger partial charge in [-0.2, -0.15) is 0 Å². The van der Waals surface area contributed by atoms with Gasteiger partial charge in [-0.25, -0.2) is 4.98 Å². The minimum Gasteiger partial charge on any atom is -0.493 e. The highest BCUT2D eigenvalue weighted by Gasteiger charge is 2.13. The highest BCUT2D eigenvalue weighted by molar-refractivity contribution is 6.10. The van der Waals surface area contributed by atoms with Gasteiger partial charge < -0.3 is 26.3 Å². The van der Waals surface area contributed by atoms with Crippen LogP contribution in [0.15, 0.2) is 42.9 Å². The maximum Gasteiger partial charge on any atom is 0.162 e. The number of hydrogen-bond donors (Lipinski definition) is 3. The summed E-state index contributed by atoms with van der Waals surface area (Å²) in [4.78, 5) is 13.4. The van der Waals surface area contributed by atoms with Crippen molar-refractivity contribution in [1.82, 2.24) is 15.0 Å². The normalized spacial score (nSPS) is 12.1. The van der Waals surface area contributed by atoms with Crippen LogP contribution in [0.5, 0.6) is 11.5 Å². The van der Waals surface area contributed by atoms with E-state index in [4.69, 9.17) is 20.9 Å². The molecule has 0 amide bonds. The molecule has 0 spiro atoms. The fourth-order valence-electron chi connectivity index (χ4n) is 3.36. The van der Waals surface area contributed by atoms with Crippen LogP contribution in [0.2, 0.25) is 0 Å². The molecule has 3 heterocycles. The van der Waals surface area contributed by atoms with Crippen molar-refractivity contribution in [2.75, 3.05) is 31.8 Å². The number of nitrogens with zero attached hydrogens (tertiary/aromatic N) is 3. The number of methoxy groups -OCH3 is 2. The lowest BCUT2D eigenvalue weighted by atomic mass is 10.0. The molecule has 0 aliphatic heterocycles. The molecule has 4 aromatic rings. The Hall–Kier alpha value is -3.65. The van der Waals surface area contributed by atoms with Gasteiger partial charge in [-0.05, 0) is 30.5 Å². The highest BCUT2D eigenvalue weighted by Crippen LogP contribution is 2.37. The summed E-state index contributed by atoms with van der Waals surface area (Å²) in [5.41, 5.74) is 15.3. The SMILES string of the molecule is COc1cc2ncc3c(N)nc(-c4cncc(NCC(C)N)c4)cc3c2cc1OC. The Morgan fingerprint density at radius 1 is 0.967 bits per heavy atom. The predicted octanol–water partition coefficient (Wildman–Crippen LogP) is 3.20. The Morgan fingerprint density at radius 3 is 2.47 bits per heavy atom. The minimum atomic E-state index is 0.0360. The Labute approximate surface area is 174 Å². The lowest BCUT2D eigenvalue weighted by Gasteiger charge is -2.13. The third kappa shape index (κ3) is 3.65. The van der Waals surface area contributed by atoms with Crippen LogP contribution in [0.25, 0.3) is 32.9 Å². The third-order valence-corrected chi connectivity index (χ3v) is 4.88. The summed E-state index contributed by atoms with van der Waals surface area (Å²) < 4.78 is 10.9. The molecule has 0 bridgehead atoms. The molecule has 8 heteroatoms. The molecule has 0 aliphatic rings. The van der Waals surface area contributed by atoms with Gasteiger partial charge in [0.05, 0.1) is 31.1 Å². The zero-order valence-corrected chi connectivity index (χ0v) is 17.1. The van der Waals surface area contributed by atoms with Crippen molar-refractivity contribution < 1.29 is 9.47 Å². The summed E-state index contributed by atoms with van der Waals surface area (Å²) in [5.74, 6) is 1.65. The van der Waals surface area contributed by atoms with Crippen molar-refractivity contribution in [3.63, 3.8) is 0 Å². The molecular weight excluding hydrogens is 380 g/mol. The first-order valence-electron chi connectivity index (χ1n) is 9.56. The van der Waals surface area contributed by atoms with Crippen LogP contribution < -0.4 is 26.3 Å². The van der Waals surface area contributed by atoms with Gasteiger partial charge >= 0.3 is 0 Å². The first kappa shape index (κ1) is 19.7. The van der Waals surface area contributed by atoms with Crippen molar-refractivity contribution in [3.8, 4) is 22.8 Å². The number of nitrogens with one attached hydrogen (secondary N) is 1. The Bertz CT molecular complexity index is 1230. The number of fused-ring (bicyclic) bond motifs is 3. The highest BCUT2D eigenvalue weighted by atomic mass is 16.5. The molecule has 0 aliphatic carbocycles. The van der Waals surface area contributed by atoms with Gasteiger partial charge in [0.2, 0.25) is 0 Å². The molecule has 30 heavy (non-hydrogen) atoms. The van der Waals surface area contributed by atoms with Gasteiger partial charge in [-0.15, -0.1) is 0 Å². The molecule has 0 fully saturated rings. The van der Waals surface area contributed by atoms with E-state index in [9.17, 15) is 0 Å². The van der Waals surface area contributed by atoms with E-state index in [1.807, 2.05) is 31.2 Å². The monoisotopic (exact) mass is 404 g/mol. The largest absolute Gasteiger partial charge is 0.493 e. The molecule has 0 saturated carbocycles. The maximum atomic E-state index is 6.29. The van der Waals surface area contributed by atoms with E-state index in [1.165, 1.54) is 0 Å². The maximum absolute atomic E-state index is 6.29. The van der Waals surface area contributed by atoms with Crippen LogP contribution in [-0.4, -0.2) is 41.8 Å². The van der Waals surface area contributed by atoms with Gasteiger partial charge in [-0.3, -0.25) is 9.97 Å². The van der Waals surface area contributed by atoms with Crippen LogP contribution in [-0.2, 0) is 0 Å². The van der Waals surface area contributed by atoms with Crippen LogP contribution in [0.3, 0.4) is 0 Å². The van der Waals surface area contributed by atoms with Crippen molar-refractivity contribution in [2.24, 2.45) is 5.73 Å². The van der Waals surface area contributed by atoms with Gasteiger partial charge in [0.25, 0.3) is 0 Å². The Morgan fingerprint density at radius 2 is 1.73 bits per heavy atom. The summed E-state index contributed by atoms with van der Waals surface area (Å²) in [6.45, 7) is 2.59. The van der Waals surface area contributed by atoms with Gasteiger partial charge in [-0.1, -0.05) is 0 Å². The van der Waals surface area contributed by atoms with E-state index in [2.05, 4.69) is 20.3 Å². The second kappa shape index (κ2) is 8.00. The summed E-state index contributed by atoms with van der Waals surface area (Å²) in [6, 6.07) is 7.77. The molecule has 1 aromatic carbocycles. The number of benzene rings is 1. The molecule has 1 atom stereocenters. The zero-order valence-electron chi connectivity index (χ0n) is 17.1. The van der Waals surface area contributed by atoms with Gasteiger partial charge in [0.15, 0.2) is 11.5 Å². The van der Waals surface area contributed by atoms with Crippen LogP contribution in [0.4, 0.5) is 11.5 Å². The van der Waals surface area contributed by atoms with Crippen LogP contribution >= 0.6 is 0 Å². The average molecular weight is 404 g/mol. The summed E-state index contributed by atoms with van der Waals surface area (Å²) >= 11 is 0. The topological polar surface area (TPSA) is 121 Å². The number of aromatic nitrogens is 3. The molecule has 8 nitrogen and oxygen atoms in total. The summed E-state index contributed by atoms with van der Waals surface area (Å²) in [7, 11) is 3.21. The van der Waals surface area contributed by atoms with E-state index >= 15 is 0 Å². The van der Waals surface area contributed by atoms with Crippen molar-refractivity contribution in [3.05, 3.63) is 42.9 Å². The molecule has 0 saturated heterocycles. The second-order valence-corrected chi connectivity index (χ2v) is 7.16. The van der Waals surface area contributed by atoms with E-state index in [-0.39, 0.29) is 6.04 Å². The van der Waals surface area contributed by atoms with E-state index in [1.54, 1.807) is 32.8 Å². The Kier molecular flexibility index (Phi) is 5.24. The molecule has 154 valence electrons. The smallest absolute Gasteiger partial charge is 0.162 e. The first-order valence-corrected chi connectivity index (χ1v) is 9.56. The lowest BCUT2D eigenvalue weighted by Crippen LogP contribution is -2.25. The first-order chi connectivity index (χ1) is 14.5. The number of hydrogen-bond acceptors (Lipinski definition) is 8. The number of pyridine rings is 3. The van der Waals surface area contributed by atoms with E-state index in [0.29, 0.717) is 23.9 Å². The standard InChI is InChI=1S/C22H24N6O2/c1-12(23)8-26-14-4-13(9-25-10-14)18-5-15-16-6-20(29-2)21(30-3)7-19(16)27-11-17(15)22(24)28-18/h4-7,9-12,26H,8,23H2,1-3H3,(H2,24,28). The molecular formula is C22H24N6O2. The summed E-state index contributed by atoms with van der Waals surface area (Å²) in [5, 5.41) is 5.88. The fraction of sp³-hybridized carbons (Fsp3) is 0.227. The van der Waals surface area contributed by atoms with Crippen molar-refractivity contribution in [2.45, 2.75) is 13.0 Å². The van der Waals surface area contributed by atoms with Crippen LogP contribution in [0.1, 0.15) is 6.92 Å². The molecule has 5 N–H and O–H groups in total. The average Bonchev–Trinajstić information content (AvgIpc) is 2.76. The van der Waals surface area contributed by atoms with Gasteiger partial charge in [0, 0.05) is 53.6 Å². The number of rotatable bonds is 6. The molecule has 1 unspecified atom stereocenters. The lowest BCUT2D eigenvalue weighted by molar-refractivity contribution is 0.356. The Balaban J connectivity index is 1.88. The third-order valence-electron chi connectivity index (χ3n) is 4.88.